The molecule has 2 aliphatic heterocycles. The lowest BCUT2D eigenvalue weighted by molar-refractivity contribution is -0.137. The minimum absolute atomic E-state index is 0.00604. The molecule has 3 aromatic rings. The van der Waals surface area contributed by atoms with Crippen molar-refractivity contribution in [3.05, 3.63) is 89.0 Å². The van der Waals surface area contributed by atoms with Gasteiger partial charge in [0.25, 0.3) is 5.56 Å². The van der Waals surface area contributed by atoms with E-state index >= 15 is 0 Å². The van der Waals surface area contributed by atoms with Gasteiger partial charge in [0.05, 0.1) is 43.4 Å². The molecule has 0 unspecified atom stereocenters. The van der Waals surface area contributed by atoms with Gasteiger partial charge in [-0.3, -0.25) is 9.36 Å². The molecule has 39 heavy (non-hydrogen) atoms. The molecule has 204 valence electrons. The second-order valence-electron chi connectivity index (χ2n) is 11.3. The first-order valence-electron chi connectivity index (χ1n) is 14.0. The summed E-state index contributed by atoms with van der Waals surface area (Å²) in [5.74, 6) is 0. The lowest BCUT2D eigenvalue weighted by Gasteiger charge is -2.53. The van der Waals surface area contributed by atoms with E-state index in [9.17, 15) is 14.7 Å². The third kappa shape index (κ3) is 4.87. The fraction of sp³-hybridized carbons (Fsp3) is 0.452. The van der Waals surface area contributed by atoms with Crippen molar-refractivity contribution in [1.82, 2.24) is 19.4 Å². The van der Waals surface area contributed by atoms with Crippen LogP contribution in [0.2, 0.25) is 0 Å². The van der Waals surface area contributed by atoms with Gasteiger partial charge in [0, 0.05) is 36.7 Å². The minimum atomic E-state index is -1.09. The number of hydrogen-bond acceptors (Lipinski definition) is 5. The van der Waals surface area contributed by atoms with Crippen molar-refractivity contribution in [3.63, 3.8) is 0 Å². The van der Waals surface area contributed by atoms with Crippen molar-refractivity contribution in [3.8, 4) is 11.3 Å². The number of aliphatic hydroxyl groups is 1. The van der Waals surface area contributed by atoms with Crippen LogP contribution >= 0.6 is 0 Å². The Hall–Kier alpha value is -3.49. The van der Waals surface area contributed by atoms with Gasteiger partial charge in [-0.2, -0.15) is 0 Å². The van der Waals surface area contributed by atoms with Crippen LogP contribution in [0, 0.1) is 5.41 Å². The molecule has 1 saturated carbocycles. The lowest BCUT2D eigenvalue weighted by atomic mass is 9.66. The number of urea groups is 1. The molecule has 1 spiro atoms. The van der Waals surface area contributed by atoms with Gasteiger partial charge in [-0.15, -0.1) is 0 Å². The molecule has 8 nitrogen and oxygen atoms in total. The Morgan fingerprint density at radius 1 is 1.00 bits per heavy atom. The van der Waals surface area contributed by atoms with Crippen LogP contribution in [0.5, 0.6) is 0 Å². The molecule has 2 atom stereocenters. The molecular weight excluding hydrogens is 492 g/mol. The molecule has 0 radical (unpaired) electrons. The Morgan fingerprint density at radius 2 is 1.72 bits per heavy atom. The molecule has 1 aromatic heterocycles. The molecule has 3 heterocycles. The molecule has 3 aliphatic rings. The molecule has 2 saturated heterocycles. The normalized spacial score (nSPS) is 24.7. The number of ether oxygens (including phenoxy) is 1. The van der Waals surface area contributed by atoms with E-state index in [1.807, 2.05) is 70.5 Å². The van der Waals surface area contributed by atoms with Gasteiger partial charge in [-0.1, -0.05) is 73.5 Å². The van der Waals surface area contributed by atoms with Crippen LogP contribution in [0.3, 0.4) is 0 Å². The quantitative estimate of drug-likeness (QED) is 0.551. The summed E-state index contributed by atoms with van der Waals surface area (Å²) in [7, 11) is 0. The van der Waals surface area contributed by atoms with Crippen LogP contribution in [0.15, 0.2) is 77.9 Å². The van der Waals surface area contributed by atoms with Crippen LogP contribution in [-0.2, 0) is 11.3 Å². The summed E-state index contributed by atoms with van der Waals surface area (Å²) >= 11 is 0. The molecule has 0 bridgehead atoms. The number of hydrogen-bond donors (Lipinski definition) is 1. The topological polar surface area (TPSA) is 87.9 Å². The minimum Gasteiger partial charge on any atom is -0.387 e. The highest BCUT2D eigenvalue weighted by Gasteiger charge is 2.56. The van der Waals surface area contributed by atoms with E-state index in [1.165, 1.54) is 4.57 Å². The highest BCUT2D eigenvalue weighted by atomic mass is 16.5. The van der Waals surface area contributed by atoms with Crippen molar-refractivity contribution in [1.29, 1.82) is 0 Å². The predicted octanol–water partition coefficient (Wildman–Crippen LogP) is 4.10. The van der Waals surface area contributed by atoms with Crippen LogP contribution < -0.4 is 5.56 Å². The highest BCUT2D eigenvalue weighted by molar-refractivity contribution is 5.75. The number of rotatable bonds is 4. The average molecular weight is 529 g/mol. The van der Waals surface area contributed by atoms with E-state index in [4.69, 9.17) is 4.74 Å². The molecule has 3 fully saturated rings. The SMILES string of the molecule is O=C(N1CC[C@@](O)(Cn2cnc(-c3ccccc3)cc2=O)C2(CCCC2)C1)N1CCOC[C@@H]1c1ccccc1. The van der Waals surface area contributed by atoms with E-state index in [0.717, 1.165) is 36.8 Å². The third-order valence-corrected chi connectivity index (χ3v) is 9.05. The largest absolute Gasteiger partial charge is 0.387 e. The fourth-order valence-corrected chi connectivity index (χ4v) is 6.82. The van der Waals surface area contributed by atoms with Crippen LogP contribution in [-0.4, -0.2) is 68.9 Å². The summed E-state index contributed by atoms with van der Waals surface area (Å²) < 4.78 is 7.29. The van der Waals surface area contributed by atoms with E-state index < -0.39 is 11.0 Å². The highest BCUT2D eigenvalue weighted by Crippen LogP contribution is 2.51. The number of morpholine rings is 1. The number of amides is 2. The lowest BCUT2D eigenvalue weighted by Crippen LogP contribution is -2.64. The average Bonchev–Trinajstić information content (AvgIpc) is 3.46. The number of carbonyl (C=O) groups is 1. The molecular formula is C31H36N4O4. The second kappa shape index (κ2) is 10.6. The summed E-state index contributed by atoms with van der Waals surface area (Å²) in [6.45, 7) is 2.66. The molecule has 1 N–H and O–H groups in total. The van der Waals surface area contributed by atoms with Gasteiger partial charge in [-0.25, -0.2) is 9.78 Å². The van der Waals surface area contributed by atoms with Crippen molar-refractivity contribution in [2.45, 2.75) is 50.3 Å². The summed E-state index contributed by atoms with van der Waals surface area (Å²) in [6.07, 6.45) is 5.67. The molecule has 2 aromatic carbocycles. The first-order chi connectivity index (χ1) is 19.0. The Labute approximate surface area is 228 Å². The van der Waals surface area contributed by atoms with Crippen molar-refractivity contribution in [2.24, 2.45) is 5.41 Å². The number of nitrogens with zero attached hydrogens (tertiary/aromatic N) is 4. The number of aromatic nitrogens is 2. The van der Waals surface area contributed by atoms with Crippen molar-refractivity contribution < 1.29 is 14.6 Å². The van der Waals surface area contributed by atoms with Gasteiger partial charge in [0.1, 0.15) is 0 Å². The van der Waals surface area contributed by atoms with Crippen LogP contribution in [0.25, 0.3) is 11.3 Å². The zero-order chi connectivity index (χ0) is 26.9. The molecule has 6 rings (SSSR count). The number of piperidine rings is 1. The van der Waals surface area contributed by atoms with Crippen LogP contribution in [0.1, 0.15) is 43.7 Å². The zero-order valence-corrected chi connectivity index (χ0v) is 22.2. The molecule has 2 amide bonds. The maximum atomic E-state index is 13.9. The number of likely N-dealkylation sites (tertiary alicyclic amines) is 1. The molecule has 1 aliphatic carbocycles. The smallest absolute Gasteiger partial charge is 0.320 e. The third-order valence-electron chi connectivity index (χ3n) is 9.05. The van der Waals surface area contributed by atoms with E-state index in [1.54, 1.807) is 12.4 Å². The Balaban J connectivity index is 1.23. The summed E-state index contributed by atoms with van der Waals surface area (Å²) in [6, 6.07) is 21.1. The predicted molar refractivity (Wildman–Crippen MR) is 148 cm³/mol. The van der Waals surface area contributed by atoms with Crippen LogP contribution in [0.4, 0.5) is 4.79 Å². The Kier molecular flexibility index (Phi) is 6.99. The summed E-state index contributed by atoms with van der Waals surface area (Å²) in [5.41, 5.74) is 0.856. The standard InChI is InChI=1S/C31H36N4O4/c36-28-19-26(24-9-3-1-4-10-24)32-23-34(28)22-31(38)15-16-33(21-30(31)13-7-8-14-30)29(37)35-17-18-39-20-27(35)25-11-5-2-6-12-25/h1-6,9-12,19,23,27,38H,7-8,13-18,20-22H2/t27-,31-/m1/s1. The van der Waals surface area contributed by atoms with E-state index in [2.05, 4.69) is 4.98 Å². The Morgan fingerprint density at radius 3 is 2.44 bits per heavy atom. The van der Waals surface area contributed by atoms with Crippen molar-refractivity contribution >= 4 is 6.03 Å². The van der Waals surface area contributed by atoms with Crippen molar-refractivity contribution in [2.75, 3.05) is 32.8 Å². The zero-order valence-electron chi connectivity index (χ0n) is 22.2. The van der Waals surface area contributed by atoms with Gasteiger partial charge < -0.3 is 19.6 Å². The number of carbonyl (C=O) groups excluding carboxylic acids is 1. The van der Waals surface area contributed by atoms with Gasteiger partial charge in [0.2, 0.25) is 0 Å². The van der Waals surface area contributed by atoms with E-state index in [0.29, 0.717) is 45.0 Å². The fourth-order valence-electron chi connectivity index (χ4n) is 6.82. The second-order valence-corrected chi connectivity index (χ2v) is 11.3. The Bertz CT molecular complexity index is 1360. The summed E-state index contributed by atoms with van der Waals surface area (Å²) in [5, 5.41) is 12.2. The van der Waals surface area contributed by atoms with Gasteiger partial charge in [0.15, 0.2) is 0 Å². The maximum absolute atomic E-state index is 13.9. The van der Waals surface area contributed by atoms with Gasteiger partial charge >= 0.3 is 6.03 Å². The number of benzene rings is 2. The van der Waals surface area contributed by atoms with E-state index in [-0.39, 0.29) is 24.2 Å². The maximum Gasteiger partial charge on any atom is 0.320 e. The van der Waals surface area contributed by atoms with Gasteiger partial charge in [-0.05, 0) is 24.8 Å². The first-order valence-corrected chi connectivity index (χ1v) is 14.0. The monoisotopic (exact) mass is 528 g/mol. The first kappa shape index (κ1) is 25.8. The molecule has 8 heteroatoms. The summed E-state index contributed by atoms with van der Waals surface area (Å²) in [4.78, 5) is 35.4.